The Labute approximate surface area is 168 Å². The third kappa shape index (κ3) is 5.17. The van der Waals surface area contributed by atoms with Crippen LogP contribution in [0.4, 0.5) is 31.1 Å². The van der Waals surface area contributed by atoms with Gasteiger partial charge in [0.2, 0.25) is 0 Å². The van der Waals surface area contributed by atoms with E-state index in [-0.39, 0.29) is 32.0 Å². The summed E-state index contributed by atoms with van der Waals surface area (Å²) in [5.74, 6) is -0.993. The lowest BCUT2D eigenvalue weighted by Gasteiger charge is -2.41. The third-order valence-electron chi connectivity index (χ3n) is 4.82. The molecule has 1 saturated heterocycles. The summed E-state index contributed by atoms with van der Waals surface area (Å²) in [6.07, 6.45) is -12.1. The van der Waals surface area contributed by atoms with Crippen molar-refractivity contribution in [3.8, 4) is 0 Å². The Balaban J connectivity index is 2.66. The van der Waals surface area contributed by atoms with Gasteiger partial charge in [-0.15, -0.1) is 0 Å². The van der Waals surface area contributed by atoms with Gasteiger partial charge >= 0.3 is 24.4 Å². The highest BCUT2D eigenvalue weighted by Crippen LogP contribution is 2.43. The SMILES string of the molecule is CC(C)(C)OC(=O)C1(c2cc(C(F)(F)F)cc(C(F)(F)F)c2)CCN(C(=O)O)CC1. The Bertz CT molecular complexity index is 786. The van der Waals surface area contributed by atoms with Gasteiger partial charge in [0.1, 0.15) is 5.60 Å². The predicted octanol–water partition coefficient (Wildman–Crippen LogP) is 5.08. The summed E-state index contributed by atoms with van der Waals surface area (Å²) in [4.78, 5) is 25.1. The van der Waals surface area contributed by atoms with Crippen molar-refractivity contribution in [2.45, 2.75) is 57.0 Å². The van der Waals surface area contributed by atoms with Crippen LogP contribution in [0.5, 0.6) is 0 Å². The fourth-order valence-corrected chi connectivity index (χ4v) is 3.30. The summed E-state index contributed by atoms with van der Waals surface area (Å²) >= 11 is 0. The summed E-state index contributed by atoms with van der Waals surface area (Å²) in [6, 6.07) is 1.00. The Kier molecular flexibility index (Phi) is 6.08. The number of piperidine rings is 1. The molecule has 0 aromatic heterocycles. The van der Waals surface area contributed by atoms with E-state index in [2.05, 4.69) is 0 Å². The molecule has 1 aromatic carbocycles. The largest absolute Gasteiger partial charge is 0.465 e. The molecule has 0 aliphatic carbocycles. The Morgan fingerprint density at radius 2 is 1.37 bits per heavy atom. The molecule has 11 heteroatoms. The van der Waals surface area contributed by atoms with Crippen molar-refractivity contribution >= 4 is 12.1 Å². The molecule has 0 spiro atoms. The smallest absolute Gasteiger partial charge is 0.416 e. The highest BCUT2D eigenvalue weighted by molar-refractivity contribution is 5.84. The second-order valence-electron chi connectivity index (χ2n) is 8.15. The number of ether oxygens (including phenoxy) is 1. The first-order valence-corrected chi connectivity index (χ1v) is 8.97. The maximum atomic E-state index is 13.3. The minimum absolute atomic E-state index is 0.0152. The highest BCUT2D eigenvalue weighted by Gasteiger charge is 2.48. The zero-order valence-electron chi connectivity index (χ0n) is 16.4. The molecule has 1 amide bonds. The van der Waals surface area contributed by atoms with Gasteiger partial charge in [0.15, 0.2) is 0 Å². The minimum Gasteiger partial charge on any atom is -0.465 e. The number of rotatable bonds is 2. The Hall–Kier alpha value is -2.46. The molecule has 0 unspecified atom stereocenters. The van der Waals surface area contributed by atoms with Crippen molar-refractivity contribution < 1.29 is 45.8 Å². The number of benzene rings is 1. The van der Waals surface area contributed by atoms with E-state index in [4.69, 9.17) is 9.84 Å². The van der Waals surface area contributed by atoms with E-state index in [0.29, 0.717) is 12.1 Å². The van der Waals surface area contributed by atoms with E-state index >= 15 is 0 Å². The molecule has 1 N–H and O–H groups in total. The molecule has 0 radical (unpaired) electrons. The van der Waals surface area contributed by atoms with Crippen molar-refractivity contribution in [2.75, 3.05) is 13.1 Å². The van der Waals surface area contributed by atoms with Gasteiger partial charge in [0.05, 0.1) is 16.5 Å². The van der Waals surface area contributed by atoms with Gasteiger partial charge in [-0.05, 0) is 57.4 Å². The van der Waals surface area contributed by atoms with Crippen molar-refractivity contribution in [3.05, 3.63) is 34.9 Å². The molecule has 1 fully saturated rings. The number of hydrogen-bond donors (Lipinski definition) is 1. The summed E-state index contributed by atoms with van der Waals surface area (Å²) in [7, 11) is 0. The Morgan fingerprint density at radius 3 is 1.70 bits per heavy atom. The molecule has 168 valence electrons. The number of carboxylic acid groups (broad SMARTS) is 1. The highest BCUT2D eigenvalue weighted by atomic mass is 19.4. The molecule has 0 saturated carbocycles. The van der Waals surface area contributed by atoms with Gasteiger partial charge in [-0.2, -0.15) is 26.3 Å². The van der Waals surface area contributed by atoms with Crippen LogP contribution in [0.1, 0.15) is 50.3 Å². The van der Waals surface area contributed by atoms with Gasteiger partial charge in [-0.1, -0.05) is 0 Å². The standard InChI is InChI=1S/C19H21F6NO4/c1-16(2,3)30-14(27)17(4-6-26(7-5-17)15(28)29)11-8-12(18(20,21)22)10-13(9-11)19(23,24)25/h8-10H,4-7H2,1-3H3,(H,28,29). The normalized spacial score (nSPS) is 17.6. The quantitative estimate of drug-likeness (QED) is 0.514. The van der Waals surface area contributed by atoms with Crippen LogP contribution in [0.2, 0.25) is 0 Å². The molecular formula is C19H21F6NO4. The van der Waals surface area contributed by atoms with Crippen LogP contribution in [-0.2, 0) is 27.3 Å². The average Bonchev–Trinajstić information content (AvgIpc) is 2.58. The lowest BCUT2D eigenvalue weighted by molar-refractivity contribution is -0.164. The molecule has 0 bridgehead atoms. The van der Waals surface area contributed by atoms with Gasteiger partial charge in [-0.25, -0.2) is 4.79 Å². The predicted molar refractivity (Wildman–Crippen MR) is 92.8 cm³/mol. The summed E-state index contributed by atoms with van der Waals surface area (Å²) in [6.45, 7) is 4.05. The number of amides is 1. The lowest BCUT2D eigenvalue weighted by Crippen LogP contribution is -2.50. The zero-order valence-corrected chi connectivity index (χ0v) is 16.4. The Morgan fingerprint density at radius 1 is 0.933 bits per heavy atom. The van der Waals surface area contributed by atoms with Crippen LogP contribution in [0.25, 0.3) is 0 Å². The van der Waals surface area contributed by atoms with Gasteiger partial charge in [0, 0.05) is 13.1 Å². The monoisotopic (exact) mass is 441 g/mol. The summed E-state index contributed by atoms with van der Waals surface area (Å²) < 4.78 is 85.1. The van der Waals surface area contributed by atoms with Crippen LogP contribution >= 0.6 is 0 Å². The second-order valence-corrected chi connectivity index (χ2v) is 8.15. The number of alkyl halides is 6. The topological polar surface area (TPSA) is 66.8 Å². The van der Waals surface area contributed by atoms with E-state index in [1.165, 1.54) is 20.8 Å². The van der Waals surface area contributed by atoms with E-state index in [9.17, 15) is 35.9 Å². The van der Waals surface area contributed by atoms with E-state index < -0.39 is 52.1 Å². The molecule has 30 heavy (non-hydrogen) atoms. The van der Waals surface area contributed by atoms with E-state index in [1.54, 1.807) is 0 Å². The van der Waals surface area contributed by atoms with Crippen molar-refractivity contribution in [2.24, 2.45) is 0 Å². The summed E-state index contributed by atoms with van der Waals surface area (Å²) in [5, 5.41) is 9.12. The zero-order chi connectivity index (χ0) is 23.1. The van der Waals surface area contributed by atoms with Gasteiger partial charge in [0.25, 0.3) is 0 Å². The van der Waals surface area contributed by atoms with E-state index in [0.717, 1.165) is 4.90 Å². The molecule has 1 aromatic rings. The fraction of sp³-hybridized carbons (Fsp3) is 0.579. The summed E-state index contributed by atoms with van der Waals surface area (Å²) in [5.41, 5.74) is -6.49. The molecule has 1 aliphatic heterocycles. The maximum absolute atomic E-state index is 13.3. The van der Waals surface area contributed by atoms with Crippen LogP contribution in [0.15, 0.2) is 18.2 Å². The molecule has 5 nitrogen and oxygen atoms in total. The number of carbonyl (C=O) groups is 2. The van der Waals surface area contributed by atoms with E-state index in [1.807, 2.05) is 0 Å². The minimum atomic E-state index is -5.08. The fourth-order valence-electron chi connectivity index (χ4n) is 3.30. The van der Waals surface area contributed by atoms with Crippen molar-refractivity contribution in [1.29, 1.82) is 0 Å². The number of hydrogen-bond acceptors (Lipinski definition) is 3. The average molecular weight is 441 g/mol. The van der Waals surface area contributed by atoms with Crippen LogP contribution in [-0.4, -0.2) is 40.8 Å². The number of halogens is 6. The first-order valence-electron chi connectivity index (χ1n) is 8.97. The number of esters is 1. The number of nitrogens with zero attached hydrogens (tertiary/aromatic N) is 1. The first kappa shape index (κ1) is 23.8. The van der Waals surface area contributed by atoms with Crippen molar-refractivity contribution in [3.63, 3.8) is 0 Å². The molecular weight excluding hydrogens is 420 g/mol. The van der Waals surface area contributed by atoms with Gasteiger partial charge in [-0.3, -0.25) is 4.79 Å². The van der Waals surface area contributed by atoms with Crippen LogP contribution in [0.3, 0.4) is 0 Å². The van der Waals surface area contributed by atoms with Gasteiger partial charge < -0.3 is 14.7 Å². The number of carbonyl (C=O) groups excluding carboxylic acids is 1. The first-order chi connectivity index (χ1) is 13.5. The number of likely N-dealkylation sites (tertiary alicyclic amines) is 1. The molecule has 0 atom stereocenters. The van der Waals surface area contributed by atoms with Crippen LogP contribution < -0.4 is 0 Å². The van der Waals surface area contributed by atoms with Crippen molar-refractivity contribution in [1.82, 2.24) is 4.90 Å². The van der Waals surface area contributed by atoms with Crippen LogP contribution in [0, 0.1) is 0 Å². The molecule has 1 aliphatic rings. The lowest BCUT2D eigenvalue weighted by atomic mass is 9.71. The second kappa shape index (κ2) is 7.66. The molecule has 1 heterocycles. The molecule has 2 rings (SSSR count). The maximum Gasteiger partial charge on any atom is 0.416 e. The third-order valence-corrected chi connectivity index (χ3v) is 4.82.